The third kappa shape index (κ3) is 4.34. The Morgan fingerprint density at radius 3 is 2.42 bits per heavy atom. The largest absolute Gasteiger partial charge is 0.497 e. The van der Waals surface area contributed by atoms with Gasteiger partial charge in [-0.25, -0.2) is 4.79 Å². The highest BCUT2D eigenvalue weighted by molar-refractivity contribution is 5.72. The number of rotatable bonds is 7. The summed E-state index contributed by atoms with van der Waals surface area (Å²) in [6.45, 7) is 1.53. The van der Waals surface area contributed by atoms with E-state index in [0.717, 1.165) is 55.0 Å². The normalized spacial score (nSPS) is 24.7. The lowest BCUT2D eigenvalue weighted by Gasteiger charge is -2.47. The van der Waals surface area contributed by atoms with E-state index in [9.17, 15) is 4.79 Å². The van der Waals surface area contributed by atoms with Crippen molar-refractivity contribution in [2.75, 3.05) is 34.9 Å². The van der Waals surface area contributed by atoms with E-state index in [-0.39, 0.29) is 17.5 Å². The van der Waals surface area contributed by atoms with Gasteiger partial charge in [-0.05, 0) is 74.7 Å². The first-order valence-electron chi connectivity index (χ1n) is 11.5. The van der Waals surface area contributed by atoms with Crippen molar-refractivity contribution < 1.29 is 19.0 Å². The molecule has 2 fully saturated rings. The summed E-state index contributed by atoms with van der Waals surface area (Å²) in [5.74, 6) is 2.31. The second-order valence-corrected chi connectivity index (χ2v) is 9.21. The molecular formula is C26H35N3O4. The molecule has 2 amide bonds. The summed E-state index contributed by atoms with van der Waals surface area (Å²) in [5, 5.41) is 0. The molecule has 2 aromatic rings. The van der Waals surface area contributed by atoms with Gasteiger partial charge in [0.2, 0.25) is 0 Å². The highest BCUT2D eigenvalue weighted by atomic mass is 16.5. The summed E-state index contributed by atoms with van der Waals surface area (Å²) in [5.41, 5.74) is 8.24. The highest BCUT2D eigenvalue weighted by Gasteiger charge is 2.51. The standard InChI is InChI=1S/C26H35N3O4/c1-28-14-13-26(19-7-10-22(32-3)23(15-19)33-4)12-11-20(16-24(26)28)29(25(27)30)17-18-5-8-21(31-2)9-6-18/h5-10,15,20,24H,11-14,16-17H2,1-4H3,(H2,27,30)/t20-,24+,26+/m1/s1. The molecule has 2 N–H and O–H groups in total. The molecule has 1 saturated carbocycles. The molecule has 0 radical (unpaired) electrons. The van der Waals surface area contributed by atoms with Crippen molar-refractivity contribution in [2.45, 2.75) is 49.7 Å². The SMILES string of the molecule is COc1ccc(CN(C(N)=O)[C@@H]2CC[C@@]3(c4ccc(OC)c(OC)c4)CCN(C)[C@H]3C2)cc1. The molecule has 1 heterocycles. The Morgan fingerprint density at radius 1 is 1.06 bits per heavy atom. The Balaban J connectivity index is 1.58. The van der Waals surface area contributed by atoms with Crippen molar-refractivity contribution >= 4 is 6.03 Å². The minimum Gasteiger partial charge on any atom is -0.497 e. The van der Waals surface area contributed by atoms with E-state index in [0.29, 0.717) is 12.6 Å². The van der Waals surface area contributed by atoms with E-state index in [1.807, 2.05) is 35.2 Å². The van der Waals surface area contributed by atoms with Crippen LogP contribution in [0.15, 0.2) is 42.5 Å². The highest BCUT2D eigenvalue weighted by Crippen LogP contribution is 2.50. The van der Waals surface area contributed by atoms with Crippen LogP contribution in [-0.2, 0) is 12.0 Å². The van der Waals surface area contributed by atoms with Gasteiger partial charge in [-0.2, -0.15) is 0 Å². The van der Waals surface area contributed by atoms with Crippen molar-refractivity contribution in [3.8, 4) is 17.2 Å². The van der Waals surface area contributed by atoms with Gasteiger partial charge in [0, 0.05) is 24.0 Å². The number of likely N-dealkylation sites (tertiary alicyclic amines) is 1. The molecule has 1 aliphatic heterocycles. The van der Waals surface area contributed by atoms with Gasteiger partial charge in [0.1, 0.15) is 5.75 Å². The molecule has 3 atom stereocenters. The maximum atomic E-state index is 12.5. The number of benzene rings is 2. The van der Waals surface area contributed by atoms with Gasteiger partial charge in [0.05, 0.1) is 21.3 Å². The predicted octanol–water partition coefficient (Wildman–Crippen LogP) is 3.79. The van der Waals surface area contributed by atoms with Crippen molar-refractivity contribution in [1.82, 2.24) is 9.80 Å². The average Bonchev–Trinajstić information content (AvgIpc) is 3.19. The van der Waals surface area contributed by atoms with Crippen molar-refractivity contribution in [3.63, 3.8) is 0 Å². The number of urea groups is 1. The number of ether oxygens (including phenoxy) is 3. The maximum Gasteiger partial charge on any atom is 0.315 e. The molecule has 2 aromatic carbocycles. The summed E-state index contributed by atoms with van der Waals surface area (Å²) in [4.78, 5) is 16.8. The molecule has 2 aliphatic rings. The number of hydrogen-bond acceptors (Lipinski definition) is 5. The zero-order valence-corrected chi connectivity index (χ0v) is 20.0. The van der Waals surface area contributed by atoms with E-state index >= 15 is 0 Å². The molecular weight excluding hydrogens is 418 g/mol. The summed E-state index contributed by atoms with van der Waals surface area (Å²) in [6.07, 6.45) is 3.89. The van der Waals surface area contributed by atoms with Gasteiger partial charge < -0.3 is 29.7 Å². The van der Waals surface area contributed by atoms with Crippen LogP contribution >= 0.6 is 0 Å². The topological polar surface area (TPSA) is 77.3 Å². The first-order valence-corrected chi connectivity index (χ1v) is 11.5. The molecule has 7 heteroatoms. The molecule has 178 valence electrons. The van der Waals surface area contributed by atoms with Crippen LogP contribution in [0.4, 0.5) is 4.79 Å². The van der Waals surface area contributed by atoms with E-state index in [2.05, 4.69) is 24.1 Å². The molecule has 0 bridgehead atoms. The minimum absolute atomic E-state index is 0.0359. The first-order chi connectivity index (χ1) is 15.9. The Morgan fingerprint density at radius 2 is 1.79 bits per heavy atom. The van der Waals surface area contributed by atoms with E-state index in [1.54, 1.807) is 21.3 Å². The number of hydrogen-bond donors (Lipinski definition) is 1. The number of nitrogens with two attached hydrogens (primary N) is 1. The van der Waals surface area contributed by atoms with Crippen LogP contribution in [0.1, 0.15) is 36.8 Å². The fourth-order valence-corrected chi connectivity index (χ4v) is 5.84. The molecule has 0 spiro atoms. The summed E-state index contributed by atoms with van der Waals surface area (Å²) < 4.78 is 16.3. The lowest BCUT2D eigenvalue weighted by molar-refractivity contribution is 0.0955. The number of methoxy groups -OCH3 is 3. The zero-order chi connectivity index (χ0) is 23.6. The van der Waals surface area contributed by atoms with Gasteiger partial charge >= 0.3 is 6.03 Å². The number of fused-ring (bicyclic) bond motifs is 1. The molecule has 1 saturated heterocycles. The minimum atomic E-state index is -0.366. The van der Waals surface area contributed by atoms with E-state index in [4.69, 9.17) is 19.9 Å². The Kier molecular flexibility index (Phi) is 6.70. The van der Waals surface area contributed by atoms with Crippen LogP contribution < -0.4 is 19.9 Å². The lowest BCUT2D eigenvalue weighted by Crippen LogP contribution is -2.53. The molecule has 1 aliphatic carbocycles. The number of carbonyl (C=O) groups is 1. The fraction of sp³-hybridized carbons (Fsp3) is 0.500. The molecule has 0 aromatic heterocycles. The monoisotopic (exact) mass is 453 g/mol. The second-order valence-electron chi connectivity index (χ2n) is 9.21. The van der Waals surface area contributed by atoms with Crippen LogP contribution in [0.3, 0.4) is 0 Å². The van der Waals surface area contributed by atoms with Gasteiger partial charge in [0.25, 0.3) is 0 Å². The fourth-order valence-electron chi connectivity index (χ4n) is 5.84. The summed E-state index contributed by atoms with van der Waals surface area (Å²) in [6, 6.07) is 14.2. The molecule has 4 rings (SSSR count). The van der Waals surface area contributed by atoms with E-state index in [1.165, 1.54) is 5.56 Å². The van der Waals surface area contributed by atoms with Crippen LogP contribution in [0.2, 0.25) is 0 Å². The number of primary amides is 1. The maximum absolute atomic E-state index is 12.5. The average molecular weight is 454 g/mol. The van der Waals surface area contributed by atoms with Gasteiger partial charge in [-0.3, -0.25) is 0 Å². The second kappa shape index (κ2) is 9.51. The van der Waals surface area contributed by atoms with Crippen LogP contribution in [-0.4, -0.2) is 62.8 Å². The van der Waals surface area contributed by atoms with Gasteiger partial charge in [-0.15, -0.1) is 0 Å². The number of carbonyl (C=O) groups excluding carboxylic acids is 1. The van der Waals surface area contributed by atoms with Crippen LogP contribution in [0.5, 0.6) is 17.2 Å². The van der Waals surface area contributed by atoms with Crippen molar-refractivity contribution in [3.05, 3.63) is 53.6 Å². The van der Waals surface area contributed by atoms with Gasteiger partial charge in [-0.1, -0.05) is 18.2 Å². The Labute approximate surface area is 196 Å². The smallest absolute Gasteiger partial charge is 0.315 e. The number of likely N-dealkylation sites (N-methyl/N-ethyl adjacent to an activating group) is 1. The molecule has 0 unspecified atom stereocenters. The lowest BCUT2D eigenvalue weighted by atomic mass is 9.64. The first kappa shape index (κ1) is 23.2. The van der Waals surface area contributed by atoms with E-state index < -0.39 is 0 Å². The Bertz CT molecular complexity index is 980. The Hall–Kier alpha value is -2.93. The summed E-state index contributed by atoms with van der Waals surface area (Å²) in [7, 11) is 7.18. The predicted molar refractivity (Wildman–Crippen MR) is 128 cm³/mol. The number of nitrogens with zero attached hydrogens (tertiary/aromatic N) is 2. The number of amides is 2. The quantitative estimate of drug-likeness (QED) is 0.690. The summed E-state index contributed by atoms with van der Waals surface area (Å²) >= 11 is 0. The van der Waals surface area contributed by atoms with Crippen LogP contribution in [0, 0.1) is 0 Å². The molecule has 33 heavy (non-hydrogen) atoms. The van der Waals surface area contributed by atoms with Crippen LogP contribution in [0.25, 0.3) is 0 Å². The van der Waals surface area contributed by atoms with Crippen molar-refractivity contribution in [2.24, 2.45) is 5.73 Å². The third-order valence-electron chi connectivity index (χ3n) is 7.69. The van der Waals surface area contributed by atoms with Gasteiger partial charge in [0.15, 0.2) is 11.5 Å². The third-order valence-corrected chi connectivity index (χ3v) is 7.69. The molecule has 7 nitrogen and oxygen atoms in total. The van der Waals surface area contributed by atoms with Crippen molar-refractivity contribution in [1.29, 1.82) is 0 Å². The zero-order valence-electron chi connectivity index (χ0n) is 20.0.